The molecule has 1 aromatic carbocycles. The van der Waals surface area contributed by atoms with Crippen LogP contribution in [0.5, 0.6) is 0 Å². The lowest BCUT2D eigenvalue weighted by molar-refractivity contribution is 0.662. The summed E-state index contributed by atoms with van der Waals surface area (Å²) in [5.74, 6) is 0.807. The lowest BCUT2D eigenvalue weighted by Crippen LogP contribution is -2.15. The third kappa shape index (κ3) is 4.11. The molecular weight excluding hydrogens is 326 g/mol. The van der Waals surface area contributed by atoms with Crippen molar-refractivity contribution in [2.45, 2.75) is 40.7 Å². The molecule has 2 rings (SSSR count). The molecule has 1 N–H and O–H groups in total. The SMILES string of the molecule is CCCNCc1cc(C)nc(-c2cc(C)c(Br)c(C)c2)n1. The number of halogens is 1. The summed E-state index contributed by atoms with van der Waals surface area (Å²) in [6.07, 6.45) is 1.13. The summed E-state index contributed by atoms with van der Waals surface area (Å²) >= 11 is 3.61. The van der Waals surface area contributed by atoms with Crippen molar-refractivity contribution in [3.05, 3.63) is 45.2 Å². The molecular formula is C17H22BrN3. The number of rotatable bonds is 5. The Morgan fingerprint density at radius 2 is 1.71 bits per heavy atom. The molecule has 0 saturated heterocycles. The Morgan fingerprint density at radius 1 is 1.05 bits per heavy atom. The van der Waals surface area contributed by atoms with Gasteiger partial charge in [0.05, 0.1) is 5.69 Å². The molecule has 0 unspecified atom stereocenters. The van der Waals surface area contributed by atoms with Crippen LogP contribution < -0.4 is 5.32 Å². The second-order valence-electron chi connectivity index (χ2n) is 5.43. The van der Waals surface area contributed by atoms with Crippen molar-refractivity contribution in [3.8, 4) is 11.4 Å². The zero-order valence-corrected chi connectivity index (χ0v) is 14.7. The second-order valence-corrected chi connectivity index (χ2v) is 6.22. The number of nitrogens with one attached hydrogen (secondary N) is 1. The van der Waals surface area contributed by atoms with Crippen LogP contribution in [0.3, 0.4) is 0 Å². The van der Waals surface area contributed by atoms with E-state index in [2.05, 4.69) is 59.1 Å². The van der Waals surface area contributed by atoms with Crippen molar-refractivity contribution in [3.63, 3.8) is 0 Å². The van der Waals surface area contributed by atoms with Gasteiger partial charge in [0.15, 0.2) is 5.82 Å². The van der Waals surface area contributed by atoms with E-state index >= 15 is 0 Å². The van der Waals surface area contributed by atoms with Crippen molar-refractivity contribution < 1.29 is 0 Å². The van der Waals surface area contributed by atoms with Crippen LogP contribution in [0, 0.1) is 20.8 Å². The highest BCUT2D eigenvalue weighted by Gasteiger charge is 2.08. The lowest BCUT2D eigenvalue weighted by Gasteiger charge is -2.10. The molecule has 2 aromatic rings. The van der Waals surface area contributed by atoms with E-state index < -0.39 is 0 Å². The second kappa shape index (κ2) is 7.14. The fraction of sp³-hybridized carbons (Fsp3) is 0.412. The van der Waals surface area contributed by atoms with Gasteiger partial charge in [-0.25, -0.2) is 9.97 Å². The zero-order chi connectivity index (χ0) is 15.4. The molecule has 0 aliphatic rings. The molecule has 1 heterocycles. The quantitative estimate of drug-likeness (QED) is 0.818. The smallest absolute Gasteiger partial charge is 0.159 e. The first-order valence-electron chi connectivity index (χ1n) is 7.33. The van der Waals surface area contributed by atoms with Crippen molar-refractivity contribution in [1.82, 2.24) is 15.3 Å². The Balaban J connectivity index is 2.35. The molecule has 0 aliphatic carbocycles. The van der Waals surface area contributed by atoms with Gasteiger partial charge in [0.1, 0.15) is 0 Å². The monoisotopic (exact) mass is 347 g/mol. The normalized spacial score (nSPS) is 10.9. The molecule has 0 atom stereocenters. The molecule has 1 aromatic heterocycles. The lowest BCUT2D eigenvalue weighted by atomic mass is 10.1. The summed E-state index contributed by atoms with van der Waals surface area (Å²) in [6.45, 7) is 10.2. The van der Waals surface area contributed by atoms with Gasteiger partial charge in [-0.2, -0.15) is 0 Å². The molecule has 0 bridgehead atoms. The van der Waals surface area contributed by atoms with Crippen LogP contribution in [0.1, 0.15) is 35.9 Å². The third-order valence-corrected chi connectivity index (χ3v) is 4.59. The average molecular weight is 348 g/mol. The fourth-order valence-electron chi connectivity index (χ4n) is 2.32. The van der Waals surface area contributed by atoms with E-state index in [1.165, 1.54) is 11.1 Å². The maximum Gasteiger partial charge on any atom is 0.159 e. The average Bonchev–Trinajstić information content (AvgIpc) is 2.44. The largest absolute Gasteiger partial charge is 0.311 e. The van der Waals surface area contributed by atoms with Crippen molar-refractivity contribution in [1.29, 1.82) is 0 Å². The van der Waals surface area contributed by atoms with E-state index in [1.54, 1.807) is 0 Å². The highest BCUT2D eigenvalue weighted by molar-refractivity contribution is 9.10. The molecule has 0 saturated carbocycles. The zero-order valence-electron chi connectivity index (χ0n) is 13.1. The Kier molecular flexibility index (Phi) is 5.48. The fourth-order valence-corrected chi connectivity index (χ4v) is 2.55. The Bertz CT molecular complexity index is 615. The van der Waals surface area contributed by atoms with Gasteiger partial charge in [-0.3, -0.25) is 0 Å². The number of aromatic nitrogens is 2. The summed E-state index contributed by atoms with van der Waals surface area (Å²) in [7, 11) is 0. The first-order valence-corrected chi connectivity index (χ1v) is 8.13. The summed E-state index contributed by atoms with van der Waals surface area (Å²) < 4.78 is 1.16. The van der Waals surface area contributed by atoms with Crippen LogP contribution in [-0.4, -0.2) is 16.5 Å². The Hall–Kier alpha value is -1.26. The number of benzene rings is 1. The minimum atomic E-state index is 0.790. The van der Waals surface area contributed by atoms with Crippen LogP contribution in [0.2, 0.25) is 0 Å². The standard InChI is InChI=1S/C17H22BrN3/c1-5-6-19-10-15-9-13(4)20-17(21-15)14-7-11(2)16(18)12(3)8-14/h7-9,19H,5-6,10H2,1-4H3. The molecule has 3 nitrogen and oxygen atoms in total. The van der Waals surface area contributed by atoms with Crippen LogP contribution in [0.15, 0.2) is 22.7 Å². The minimum Gasteiger partial charge on any atom is -0.311 e. The molecule has 0 spiro atoms. The number of hydrogen-bond acceptors (Lipinski definition) is 3. The molecule has 0 aliphatic heterocycles. The minimum absolute atomic E-state index is 0.790. The summed E-state index contributed by atoms with van der Waals surface area (Å²) in [5.41, 5.74) is 5.55. The van der Waals surface area contributed by atoms with E-state index in [-0.39, 0.29) is 0 Å². The van der Waals surface area contributed by atoms with Crippen LogP contribution in [-0.2, 0) is 6.54 Å². The predicted molar refractivity (Wildman–Crippen MR) is 91.4 cm³/mol. The molecule has 4 heteroatoms. The van der Waals surface area contributed by atoms with Crippen molar-refractivity contribution in [2.75, 3.05) is 6.54 Å². The van der Waals surface area contributed by atoms with E-state index in [0.29, 0.717) is 0 Å². The van der Waals surface area contributed by atoms with Gasteiger partial charge in [0.25, 0.3) is 0 Å². The van der Waals surface area contributed by atoms with Gasteiger partial charge in [-0.05, 0) is 63.1 Å². The maximum atomic E-state index is 4.70. The molecule has 112 valence electrons. The van der Waals surface area contributed by atoms with Gasteiger partial charge in [-0.15, -0.1) is 0 Å². The highest BCUT2D eigenvalue weighted by Crippen LogP contribution is 2.27. The highest BCUT2D eigenvalue weighted by atomic mass is 79.9. The van der Waals surface area contributed by atoms with Crippen molar-refractivity contribution >= 4 is 15.9 Å². The van der Waals surface area contributed by atoms with E-state index in [9.17, 15) is 0 Å². The van der Waals surface area contributed by atoms with Crippen LogP contribution in [0.25, 0.3) is 11.4 Å². The first-order chi connectivity index (χ1) is 10.0. The van der Waals surface area contributed by atoms with E-state index in [0.717, 1.165) is 46.8 Å². The summed E-state index contributed by atoms with van der Waals surface area (Å²) in [4.78, 5) is 9.29. The van der Waals surface area contributed by atoms with Crippen LogP contribution in [0.4, 0.5) is 0 Å². The van der Waals surface area contributed by atoms with E-state index in [4.69, 9.17) is 4.98 Å². The van der Waals surface area contributed by atoms with Gasteiger partial charge in [0.2, 0.25) is 0 Å². The topological polar surface area (TPSA) is 37.8 Å². The molecule has 0 fully saturated rings. The third-order valence-electron chi connectivity index (χ3n) is 3.33. The van der Waals surface area contributed by atoms with Crippen LogP contribution >= 0.6 is 15.9 Å². The molecule has 0 amide bonds. The summed E-state index contributed by atoms with van der Waals surface area (Å²) in [6, 6.07) is 6.31. The Labute approximate surface area is 135 Å². The number of aryl methyl sites for hydroxylation is 3. The van der Waals surface area contributed by atoms with Gasteiger partial charge >= 0.3 is 0 Å². The number of hydrogen-bond donors (Lipinski definition) is 1. The maximum absolute atomic E-state index is 4.70. The number of nitrogens with zero attached hydrogens (tertiary/aromatic N) is 2. The molecule has 21 heavy (non-hydrogen) atoms. The molecule has 0 radical (unpaired) electrons. The van der Waals surface area contributed by atoms with Gasteiger partial charge in [0, 0.05) is 22.3 Å². The van der Waals surface area contributed by atoms with Crippen molar-refractivity contribution in [2.24, 2.45) is 0 Å². The van der Waals surface area contributed by atoms with E-state index in [1.807, 2.05) is 13.0 Å². The Morgan fingerprint density at radius 3 is 2.33 bits per heavy atom. The first kappa shape index (κ1) is 16.1. The van der Waals surface area contributed by atoms with Gasteiger partial charge in [-0.1, -0.05) is 22.9 Å². The predicted octanol–water partition coefficient (Wildman–Crippen LogP) is 4.33. The summed E-state index contributed by atoms with van der Waals surface area (Å²) in [5, 5.41) is 3.39. The van der Waals surface area contributed by atoms with Gasteiger partial charge < -0.3 is 5.32 Å².